The topological polar surface area (TPSA) is 30.4 Å². The van der Waals surface area contributed by atoms with Crippen molar-refractivity contribution in [1.82, 2.24) is 9.78 Å². The second kappa shape index (κ2) is 4.67. The summed E-state index contributed by atoms with van der Waals surface area (Å²) in [6.45, 7) is -3.89. The summed E-state index contributed by atoms with van der Waals surface area (Å²) in [6, 6.07) is 0. The molecule has 2 rings (SSSR count). The fourth-order valence-electron chi connectivity index (χ4n) is 1.03. The average molecular weight is 230 g/mol. The summed E-state index contributed by atoms with van der Waals surface area (Å²) in [5, 5.41) is 3.60. The molecule has 0 spiro atoms. The molecule has 0 bridgehead atoms. The number of epoxide rings is 1. The van der Waals surface area contributed by atoms with Crippen LogP contribution in [-0.4, -0.2) is 29.5 Å². The Kier molecular flexibility index (Phi) is 4.24. The fraction of sp³-hybridized carbons (Fsp3) is 0.500. The third kappa shape index (κ3) is 3.35. The van der Waals surface area contributed by atoms with Gasteiger partial charge in [-0.1, -0.05) is 5.46 Å². The van der Waals surface area contributed by atoms with Gasteiger partial charge in [0.15, 0.2) is 0 Å². The molecular weight excluding hydrogens is 223 g/mol. The minimum atomic E-state index is -4.92. The van der Waals surface area contributed by atoms with Crippen LogP contribution in [0.5, 0.6) is 0 Å². The Morgan fingerprint density at radius 1 is 1.57 bits per heavy atom. The van der Waals surface area contributed by atoms with Gasteiger partial charge in [-0.2, -0.15) is 5.10 Å². The Hall–Kier alpha value is 0.661. The Morgan fingerprint density at radius 3 is 2.64 bits per heavy atom. The first-order chi connectivity index (χ1) is 6.05. The zero-order valence-corrected chi connectivity index (χ0v) is 10.8. The van der Waals surface area contributed by atoms with Gasteiger partial charge in [-0.15, -0.1) is 0 Å². The van der Waals surface area contributed by atoms with Gasteiger partial charge in [0.25, 0.3) is 0 Å². The third-order valence-electron chi connectivity index (χ3n) is 1.82. The molecule has 0 aromatic carbocycles. The number of hydrogen-bond acceptors (Lipinski definition) is 2. The first-order valence-corrected chi connectivity index (χ1v) is 3.89. The van der Waals surface area contributed by atoms with E-state index in [-0.39, 0.29) is 57.5 Å². The minimum Gasteiger partial charge on any atom is -0.445 e. The molecule has 1 aromatic heterocycles. The molecule has 0 amide bonds. The number of ether oxygens (including phenoxy) is 1. The van der Waals surface area contributed by atoms with Crippen LogP contribution in [0.4, 0.5) is 12.9 Å². The Bertz CT molecular complexity index is 312. The van der Waals surface area contributed by atoms with Gasteiger partial charge in [-0.05, 0) is 6.20 Å². The first kappa shape index (κ1) is 12.7. The summed E-state index contributed by atoms with van der Waals surface area (Å²) in [5.74, 6) is 0. The van der Waals surface area contributed by atoms with Crippen molar-refractivity contribution in [1.29, 1.82) is 0 Å². The van der Waals surface area contributed by atoms with Gasteiger partial charge in [-0.3, -0.25) is 4.68 Å². The van der Waals surface area contributed by atoms with Crippen LogP contribution in [0.2, 0.25) is 0 Å². The predicted molar refractivity (Wildman–Crippen MR) is 40.7 cm³/mol. The first-order valence-electron chi connectivity index (χ1n) is 3.89. The van der Waals surface area contributed by atoms with Crippen LogP contribution in [0.15, 0.2) is 12.4 Å². The molecular formula is C6H7BF3KN2O. The van der Waals surface area contributed by atoms with E-state index in [1.807, 2.05) is 0 Å². The molecule has 0 radical (unpaired) electrons. The number of aromatic nitrogens is 2. The molecule has 0 saturated carbocycles. The van der Waals surface area contributed by atoms with Crippen LogP contribution >= 0.6 is 0 Å². The Balaban J connectivity index is 0.000000980. The summed E-state index contributed by atoms with van der Waals surface area (Å²) < 4.78 is 42.5. The van der Waals surface area contributed by atoms with Gasteiger partial charge in [-0.25, -0.2) is 0 Å². The number of rotatable bonds is 3. The molecule has 1 aliphatic heterocycles. The second-order valence-corrected chi connectivity index (χ2v) is 3.03. The van der Waals surface area contributed by atoms with Crippen molar-refractivity contribution in [3.05, 3.63) is 12.4 Å². The van der Waals surface area contributed by atoms with Crippen LogP contribution in [0, 0.1) is 0 Å². The fourth-order valence-corrected chi connectivity index (χ4v) is 1.03. The molecule has 72 valence electrons. The molecule has 0 N–H and O–H groups in total. The smallest absolute Gasteiger partial charge is 0.445 e. The number of nitrogens with zero attached hydrogens (tertiary/aromatic N) is 2. The van der Waals surface area contributed by atoms with Gasteiger partial charge in [0.1, 0.15) is 6.10 Å². The zero-order chi connectivity index (χ0) is 9.47. The van der Waals surface area contributed by atoms with Crippen molar-refractivity contribution in [3.8, 4) is 0 Å². The molecule has 1 aliphatic rings. The predicted octanol–water partition coefficient (Wildman–Crippen LogP) is -2.66. The van der Waals surface area contributed by atoms with E-state index in [9.17, 15) is 12.9 Å². The maximum absolute atomic E-state index is 12.1. The normalized spacial score (nSPS) is 20.4. The van der Waals surface area contributed by atoms with Gasteiger partial charge in [0, 0.05) is 6.20 Å². The van der Waals surface area contributed by atoms with Crippen LogP contribution in [0.1, 0.15) is 0 Å². The van der Waals surface area contributed by atoms with E-state index in [4.69, 9.17) is 4.74 Å². The Morgan fingerprint density at radius 2 is 2.21 bits per heavy atom. The largest absolute Gasteiger partial charge is 1.00 e. The summed E-state index contributed by atoms with van der Waals surface area (Å²) in [5.41, 5.74) is -0.652. The second-order valence-electron chi connectivity index (χ2n) is 3.03. The van der Waals surface area contributed by atoms with E-state index in [1.165, 1.54) is 4.68 Å². The van der Waals surface area contributed by atoms with Crippen LogP contribution in [-0.2, 0) is 11.3 Å². The quantitative estimate of drug-likeness (QED) is 0.419. The van der Waals surface area contributed by atoms with E-state index in [0.29, 0.717) is 13.2 Å². The molecule has 3 nitrogen and oxygen atoms in total. The molecule has 1 atom stereocenters. The van der Waals surface area contributed by atoms with Crippen molar-refractivity contribution in [3.63, 3.8) is 0 Å². The summed E-state index contributed by atoms with van der Waals surface area (Å²) in [7, 11) is 0. The van der Waals surface area contributed by atoms with E-state index < -0.39 is 12.4 Å². The number of hydrogen-bond donors (Lipinski definition) is 0. The van der Waals surface area contributed by atoms with Gasteiger partial charge in [0.05, 0.1) is 13.2 Å². The molecule has 1 aromatic rings. The van der Waals surface area contributed by atoms with Crippen molar-refractivity contribution >= 4 is 12.4 Å². The van der Waals surface area contributed by atoms with Crippen molar-refractivity contribution in [2.75, 3.05) is 6.61 Å². The third-order valence-corrected chi connectivity index (χ3v) is 1.82. The van der Waals surface area contributed by atoms with Gasteiger partial charge in [0.2, 0.25) is 0 Å². The summed E-state index contributed by atoms with van der Waals surface area (Å²) >= 11 is 0. The summed E-state index contributed by atoms with van der Waals surface area (Å²) in [4.78, 5) is 0. The molecule has 1 unspecified atom stereocenters. The van der Waals surface area contributed by atoms with Crippen LogP contribution in [0.25, 0.3) is 0 Å². The molecule has 8 heteroatoms. The summed E-state index contributed by atoms with van der Waals surface area (Å²) in [6.07, 6.45) is 1.91. The molecule has 1 saturated heterocycles. The molecule has 0 aliphatic carbocycles. The van der Waals surface area contributed by atoms with Crippen molar-refractivity contribution in [2.24, 2.45) is 0 Å². The zero-order valence-electron chi connectivity index (χ0n) is 7.66. The number of halogens is 3. The van der Waals surface area contributed by atoms with E-state index in [2.05, 4.69) is 5.10 Å². The molecule has 14 heavy (non-hydrogen) atoms. The standard InChI is InChI=1S/C6H7BF3N2O.K/c8-7(9,10)5-1-11-12(2-5)3-6-4-13-6;/h1-2,6H,3-4H2;/q-1;+1. The minimum absolute atomic E-state index is 0. The molecule has 1 fully saturated rings. The van der Waals surface area contributed by atoms with Gasteiger partial charge >= 0.3 is 58.4 Å². The maximum atomic E-state index is 12.1. The maximum Gasteiger partial charge on any atom is 1.00 e. The van der Waals surface area contributed by atoms with Crippen molar-refractivity contribution < 1.29 is 69.1 Å². The average Bonchev–Trinajstić information content (AvgIpc) is 2.63. The SMILES string of the molecule is F[B-](F)(F)c1cnn(CC2CO2)c1.[K+]. The Labute approximate surface area is 121 Å². The van der Waals surface area contributed by atoms with Crippen LogP contribution in [0.3, 0.4) is 0 Å². The van der Waals surface area contributed by atoms with Gasteiger partial charge < -0.3 is 17.7 Å². The van der Waals surface area contributed by atoms with Crippen LogP contribution < -0.4 is 56.8 Å². The molecule has 2 heterocycles. The van der Waals surface area contributed by atoms with Crippen molar-refractivity contribution in [2.45, 2.75) is 12.6 Å². The van der Waals surface area contributed by atoms with E-state index in [1.54, 1.807) is 0 Å². The van der Waals surface area contributed by atoms with E-state index in [0.717, 1.165) is 12.4 Å². The monoisotopic (exact) mass is 230 g/mol. The van der Waals surface area contributed by atoms with E-state index >= 15 is 0 Å².